The zero-order chi connectivity index (χ0) is 21.5. The van der Waals surface area contributed by atoms with Crippen LogP contribution in [0.5, 0.6) is 5.75 Å². The second kappa shape index (κ2) is 7.42. The van der Waals surface area contributed by atoms with Crippen molar-refractivity contribution in [2.45, 2.75) is 58.2 Å². The molecule has 4 nitrogen and oxygen atoms in total. The summed E-state index contributed by atoms with van der Waals surface area (Å²) in [7, 11) is -1.57. The Labute approximate surface area is 159 Å². The van der Waals surface area contributed by atoms with Gasteiger partial charge in [-0.3, -0.25) is 0 Å². The first kappa shape index (κ1) is 22.8. The maximum absolute atomic E-state index is 13.7. The molecule has 1 aliphatic heterocycles. The minimum atomic E-state index is -5.09. The number of hydrogen-bond acceptors (Lipinski definition) is 4. The first-order chi connectivity index (χ1) is 12.6. The molecule has 0 aromatic heterocycles. The topological polar surface area (TPSA) is 36.9 Å². The van der Waals surface area contributed by atoms with E-state index >= 15 is 0 Å². The zero-order valence-corrected chi connectivity index (χ0v) is 16.0. The summed E-state index contributed by atoms with van der Waals surface area (Å²) in [6, 6.07) is 0.530. The molecular weight excluding hydrogens is 393 g/mol. The van der Waals surface area contributed by atoms with Gasteiger partial charge < -0.3 is 18.8 Å². The summed E-state index contributed by atoms with van der Waals surface area (Å²) >= 11 is 0. The smallest absolute Gasteiger partial charge is 0.468 e. The summed E-state index contributed by atoms with van der Waals surface area (Å²) in [5, 5.41) is 0. The van der Waals surface area contributed by atoms with E-state index in [1.165, 1.54) is 0 Å². The summed E-state index contributed by atoms with van der Waals surface area (Å²) in [4.78, 5) is 0. The van der Waals surface area contributed by atoms with Crippen LogP contribution in [0.4, 0.5) is 26.3 Å². The highest BCUT2D eigenvalue weighted by atomic mass is 19.4. The molecule has 0 amide bonds. The monoisotopic (exact) mass is 414 g/mol. The van der Waals surface area contributed by atoms with Gasteiger partial charge in [-0.1, -0.05) is 0 Å². The van der Waals surface area contributed by atoms with Crippen LogP contribution in [-0.2, 0) is 26.4 Å². The highest BCUT2D eigenvalue weighted by molar-refractivity contribution is 6.63. The third-order valence-electron chi connectivity index (χ3n) is 4.77. The van der Waals surface area contributed by atoms with Crippen LogP contribution in [0.1, 0.15) is 45.7 Å². The van der Waals surface area contributed by atoms with Crippen molar-refractivity contribution in [3.63, 3.8) is 0 Å². The van der Waals surface area contributed by atoms with Crippen molar-refractivity contribution in [1.29, 1.82) is 0 Å². The van der Waals surface area contributed by atoms with Crippen molar-refractivity contribution in [2.75, 3.05) is 13.4 Å². The molecule has 1 aromatic carbocycles. The number of benzene rings is 1. The Morgan fingerprint density at radius 2 is 1.46 bits per heavy atom. The third kappa shape index (κ3) is 4.57. The van der Waals surface area contributed by atoms with Gasteiger partial charge in [-0.05, 0) is 46.8 Å². The predicted octanol–water partition coefficient (Wildman–Crippen LogP) is 4.40. The fourth-order valence-corrected chi connectivity index (χ4v) is 2.54. The van der Waals surface area contributed by atoms with Crippen LogP contribution in [-0.4, -0.2) is 31.7 Å². The predicted molar refractivity (Wildman–Crippen MR) is 89.3 cm³/mol. The van der Waals surface area contributed by atoms with E-state index in [1.807, 2.05) is 0 Å². The number of halogens is 6. The Kier molecular flexibility index (Phi) is 6.05. The van der Waals surface area contributed by atoms with Crippen LogP contribution in [0.2, 0.25) is 0 Å². The molecule has 158 valence electrons. The van der Waals surface area contributed by atoms with Gasteiger partial charge in [0.2, 0.25) is 0 Å². The summed E-state index contributed by atoms with van der Waals surface area (Å²) in [5.41, 5.74) is -5.68. The molecule has 0 N–H and O–H groups in total. The van der Waals surface area contributed by atoms with Crippen LogP contribution in [0, 0.1) is 0 Å². The van der Waals surface area contributed by atoms with Crippen molar-refractivity contribution in [3.05, 3.63) is 23.3 Å². The fraction of sp³-hybridized carbons (Fsp3) is 0.647. The molecule has 28 heavy (non-hydrogen) atoms. The number of ether oxygens (including phenoxy) is 2. The molecule has 1 aliphatic rings. The van der Waals surface area contributed by atoms with E-state index in [-0.39, 0.29) is 12.7 Å². The lowest BCUT2D eigenvalue weighted by Gasteiger charge is -2.32. The van der Waals surface area contributed by atoms with Crippen LogP contribution in [0.15, 0.2) is 12.1 Å². The van der Waals surface area contributed by atoms with Gasteiger partial charge in [0.15, 0.2) is 6.79 Å². The van der Waals surface area contributed by atoms with E-state index < -0.39 is 59.8 Å². The maximum atomic E-state index is 13.7. The third-order valence-corrected chi connectivity index (χ3v) is 4.77. The molecule has 0 atom stereocenters. The Morgan fingerprint density at radius 3 is 1.89 bits per heavy atom. The van der Waals surface area contributed by atoms with Crippen molar-refractivity contribution < 1.29 is 45.1 Å². The van der Waals surface area contributed by atoms with E-state index in [0.29, 0.717) is 6.07 Å². The second-order valence-corrected chi connectivity index (χ2v) is 7.27. The lowest BCUT2D eigenvalue weighted by molar-refractivity contribution is -0.143. The molecule has 0 bridgehead atoms. The van der Waals surface area contributed by atoms with Gasteiger partial charge >= 0.3 is 19.5 Å². The highest BCUT2D eigenvalue weighted by Gasteiger charge is 2.55. The molecule has 0 spiro atoms. The van der Waals surface area contributed by atoms with Crippen molar-refractivity contribution in [1.82, 2.24) is 0 Å². The van der Waals surface area contributed by atoms with Crippen LogP contribution in [0.3, 0.4) is 0 Å². The second-order valence-electron chi connectivity index (χ2n) is 7.27. The summed E-state index contributed by atoms with van der Waals surface area (Å²) in [6.45, 7) is 7.70. The molecule has 0 radical (unpaired) electrons. The fourth-order valence-electron chi connectivity index (χ4n) is 2.54. The molecule has 1 saturated heterocycles. The minimum absolute atomic E-state index is 0.0356. The van der Waals surface area contributed by atoms with Crippen LogP contribution >= 0.6 is 0 Å². The standard InChI is InChI=1S/C17H21BF6O4/c1-6-25-9-26-12-8-10(16(19,20)21)7-11(17(22,23)24)13(12)18-27-14(2,3)15(4,5)28-18/h7-8H,6,9H2,1-5H3. The molecule has 0 aliphatic carbocycles. The van der Waals surface area contributed by atoms with Gasteiger partial charge in [0.25, 0.3) is 0 Å². The summed E-state index contributed by atoms with van der Waals surface area (Å²) < 4.78 is 102. The van der Waals surface area contributed by atoms with Crippen LogP contribution in [0.25, 0.3) is 0 Å². The molecule has 1 aromatic rings. The molecule has 1 heterocycles. The molecule has 11 heteroatoms. The molecule has 0 unspecified atom stereocenters. The Bertz CT molecular complexity index is 699. The van der Waals surface area contributed by atoms with E-state index in [1.54, 1.807) is 34.6 Å². The Balaban J connectivity index is 2.66. The van der Waals surface area contributed by atoms with Crippen LogP contribution < -0.4 is 10.2 Å². The van der Waals surface area contributed by atoms with Gasteiger partial charge in [0.1, 0.15) is 5.75 Å². The summed E-state index contributed by atoms with van der Waals surface area (Å²) in [6.07, 6.45) is -10.1. The maximum Gasteiger partial charge on any atom is 0.499 e. The minimum Gasteiger partial charge on any atom is -0.468 e. The zero-order valence-electron chi connectivity index (χ0n) is 16.0. The molecular formula is C17H21BF6O4. The number of alkyl halides is 6. The van der Waals surface area contributed by atoms with Crippen molar-refractivity contribution in [2.24, 2.45) is 0 Å². The van der Waals surface area contributed by atoms with Gasteiger partial charge in [-0.15, -0.1) is 0 Å². The number of rotatable bonds is 5. The normalized spacial score (nSPS) is 19.2. The van der Waals surface area contributed by atoms with Gasteiger partial charge in [0.05, 0.1) is 22.3 Å². The van der Waals surface area contributed by atoms with Crippen molar-refractivity contribution in [3.8, 4) is 5.75 Å². The summed E-state index contributed by atoms with van der Waals surface area (Å²) in [5.74, 6) is -0.658. The average Bonchev–Trinajstić information content (AvgIpc) is 2.72. The van der Waals surface area contributed by atoms with E-state index in [0.717, 1.165) is 0 Å². The van der Waals surface area contributed by atoms with E-state index in [9.17, 15) is 26.3 Å². The molecule has 0 saturated carbocycles. The lowest BCUT2D eigenvalue weighted by atomic mass is 9.74. The first-order valence-corrected chi connectivity index (χ1v) is 8.48. The van der Waals surface area contributed by atoms with Gasteiger partial charge in [-0.2, -0.15) is 26.3 Å². The molecule has 1 fully saturated rings. The van der Waals surface area contributed by atoms with E-state index in [2.05, 4.69) is 0 Å². The van der Waals surface area contributed by atoms with Crippen molar-refractivity contribution >= 4 is 12.6 Å². The first-order valence-electron chi connectivity index (χ1n) is 8.48. The largest absolute Gasteiger partial charge is 0.499 e. The highest BCUT2D eigenvalue weighted by Crippen LogP contribution is 2.41. The van der Waals surface area contributed by atoms with E-state index in [4.69, 9.17) is 18.8 Å². The Morgan fingerprint density at radius 1 is 0.929 bits per heavy atom. The average molecular weight is 414 g/mol. The lowest BCUT2D eigenvalue weighted by Crippen LogP contribution is -2.41. The van der Waals surface area contributed by atoms with Gasteiger partial charge in [-0.25, -0.2) is 0 Å². The quantitative estimate of drug-likeness (QED) is 0.310. The Hall–Kier alpha value is -1.46. The SMILES string of the molecule is CCOCOc1cc(C(F)(F)F)cc(C(F)(F)F)c1B1OC(C)(C)C(C)(C)O1. The van der Waals surface area contributed by atoms with Gasteiger partial charge in [0, 0.05) is 12.1 Å². The number of hydrogen-bond donors (Lipinski definition) is 0. The molecule has 2 rings (SSSR count).